The van der Waals surface area contributed by atoms with Crippen LogP contribution in [0.3, 0.4) is 0 Å². The second-order valence-electron chi connectivity index (χ2n) is 11.1. The Labute approximate surface area is 250 Å². The third kappa shape index (κ3) is 7.26. The number of fused-ring (bicyclic) bond motifs is 1. The van der Waals surface area contributed by atoms with Gasteiger partial charge >= 0.3 is 0 Å². The number of imidazole rings is 1. The van der Waals surface area contributed by atoms with Gasteiger partial charge in [-0.1, -0.05) is 45.0 Å². The molecule has 1 unspecified atom stereocenters. The summed E-state index contributed by atoms with van der Waals surface area (Å²) in [5.74, 6) is -0.899. The third-order valence-electron chi connectivity index (χ3n) is 7.02. The molecule has 0 spiro atoms. The van der Waals surface area contributed by atoms with Gasteiger partial charge < -0.3 is 19.8 Å². The predicted octanol–water partition coefficient (Wildman–Crippen LogP) is 9.77. The molecule has 0 saturated carbocycles. The van der Waals surface area contributed by atoms with Gasteiger partial charge in [-0.15, -0.1) is 13.2 Å². The van der Waals surface area contributed by atoms with E-state index < -0.39 is 18.5 Å². The van der Waals surface area contributed by atoms with E-state index in [9.17, 15) is 0 Å². The Morgan fingerprint density at radius 3 is 2.53 bits per heavy atom. The van der Waals surface area contributed by atoms with Gasteiger partial charge in [0.25, 0.3) is 0 Å². The van der Waals surface area contributed by atoms with E-state index in [1.54, 1.807) is 24.5 Å². The van der Waals surface area contributed by atoms with Gasteiger partial charge in [0.2, 0.25) is 0 Å². The third-order valence-corrected chi connectivity index (χ3v) is 8.19. The summed E-state index contributed by atoms with van der Waals surface area (Å²) >= 11 is 0. The highest BCUT2D eigenvalue weighted by molar-refractivity contribution is 7.71. The minimum atomic E-state index is -1.59. The summed E-state index contributed by atoms with van der Waals surface area (Å²) in [6.07, 6.45) is 10.5. The topological polar surface area (TPSA) is 73.9 Å². The van der Waals surface area contributed by atoms with Gasteiger partial charge in [0.15, 0.2) is 11.6 Å². The average Bonchev–Trinajstić information content (AvgIpc) is 3.62. The fourth-order valence-corrected chi connectivity index (χ4v) is 6.21. The van der Waals surface area contributed by atoms with Crippen LogP contribution < -0.4 is 4.74 Å². The molecule has 2 aromatic heterocycles. The summed E-state index contributed by atoms with van der Waals surface area (Å²) in [6, 6.07) is 13.0. The molecule has 3 N–H and O–H groups in total. The van der Waals surface area contributed by atoms with Crippen molar-refractivity contribution in [1.82, 2.24) is 15.0 Å². The van der Waals surface area contributed by atoms with Gasteiger partial charge in [-0.2, -0.15) is 0 Å². The Bertz CT molecular complexity index is 1790. The minimum absolute atomic E-state index is 0.109. The molecule has 0 saturated heterocycles. The van der Waals surface area contributed by atoms with Gasteiger partial charge in [-0.05, 0) is 61.3 Å². The van der Waals surface area contributed by atoms with Crippen molar-refractivity contribution in [3.05, 3.63) is 114 Å². The molecule has 3 aromatic carbocycles. The van der Waals surface area contributed by atoms with Gasteiger partial charge in [0.1, 0.15) is 23.2 Å². The van der Waals surface area contributed by atoms with Crippen LogP contribution in [0.25, 0.3) is 22.3 Å². The van der Waals surface area contributed by atoms with Crippen LogP contribution in [-0.4, -0.2) is 39.7 Å². The first-order chi connectivity index (χ1) is 20.5. The van der Waals surface area contributed by atoms with Gasteiger partial charge in [0, 0.05) is 46.5 Å². The number of benzene rings is 3. The molecule has 2 heterocycles. The van der Waals surface area contributed by atoms with Crippen molar-refractivity contribution in [1.29, 1.82) is 0 Å². The number of aromatic amines is 2. The van der Waals surface area contributed by atoms with E-state index in [0.29, 0.717) is 34.9 Å². The summed E-state index contributed by atoms with van der Waals surface area (Å²) in [6.45, 7) is 9.39. The maximum atomic E-state index is 15.3. The fraction of sp³-hybridized carbons (Fsp3) is 0.235. The van der Waals surface area contributed by atoms with Crippen molar-refractivity contribution in [2.75, 3.05) is 13.3 Å². The van der Waals surface area contributed by atoms with Crippen molar-refractivity contribution >= 4 is 24.1 Å². The zero-order chi connectivity index (χ0) is 31.3. The van der Waals surface area contributed by atoms with Crippen LogP contribution in [0.15, 0.2) is 73.8 Å². The van der Waals surface area contributed by atoms with E-state index >= 15 is 13.2 Å². The quantitative estimate of drug-likeness (QED) is 0.115. The van der Waals surface area contributed by atoms with Crippen molar-refractivity contribution in [3.8, 4) is 22.9 Å². The number of rotatable bonds is 9. The van der Waals surface area contributed by atoms with Gasteiger partial charge in [0.05, 0.1) is 11.8 Å². The smallest absolute Gasteiger partial charge is 0.168 e. The summed E-state index contributed by atoms with van der Waals surface area (Å²) in [7, 11) is 0. The molecule has 0 radical (unpaired) electrons. The molecule has 43 heavy (non-hydrogen) atoms. The van der Waals surface area contributed by atoms with E-state index in [1.165, 1.54) is 24.3 Å². The standard InChI is InChI=1S/C32H33F3N3OP.C2H4O/c1-6-8-20-9-7-10-22(30(20)35)19(2)29-17-37-32(38-29)24-15-21(11-12-26(24)33)39-31-25(18-40(3,4)5)23-13-14-36-28(23)16-27(31)34;1-2-3/h7,9-17,19,36H,3,6,8,18H2,1-2,4-5H3,(H,37,38);2-3H,1H2. The van der Waals surface area contributed by atoms with Gasteiger partial charge in [-0.3, -0.25) is 0 Å². The number of aromatic nitrogens is 3. The molecule has 0 aliphatic heterocycles. The molecule has 1 atom stereocenters. The molecule has 226 valence electrons. The number of aliphatic hydroxyl groups is 1. The SMILES string of the molecule is C=CO.C=P(C)(C)Cc1c(Oc2ccc(F)c(-c3ncc(C(C)c4cccc(CCC)c4F)[nH]3)c2)c(F)cc2[nH]ccc12. The Kier molecular flexibility index (Phi) is 9.92. The number of halogens is 3. The van der Waals surface area contributed by atoms with Crippen molar-refractivity contribution < 1.29 is 23.0 Å². The molecular formula is C34H37F3N3O2P. The van der Waals surface area contributed by atoms with Crippen LogP contribution in [-0.2, 0) is 12.6 Å². The Hall–Kier alpha value is -4.16. The molecule has 0 aliphatic carbocycles. The molecule has 0 amide bonds. The van der Waals surface area contributed by atoms with Crippen LogP contribution in [0.2, 0.25) is 0 Å². The lowest BCUT2D eigenvalue weighted by molar-refractivity contribution is 0.438. The Balaban J connectivity index is 0.00000135. The summed E-state index contributed by atoms with van der Waals surface area (Å²) in [5, 5.41) is 8.20. The zero-order valence-corrected chi connectivity index (χ0v) is 25.7. The van der Waals surface area contributed by atoms with Crippen LogP contribution in [0.1, 0.15) is 48.6 Å². The van der Waals surface area contributed by atoms with E-state index in [4.69, 9.17) is 9.84 Å². The van der Waals surface area contributed by atoms with E-state index in [1.807, 2.05) is 26.0 Å². The first kappa shape index (κ1) is 31.8. The molecule has 5 aromatic rings. The highest BCUT2D eigenvalue weighted by Crippen LogP contribution is 2.46. The average molecular weight is 608 g/mol. The second kappa shape index (κ2) is 13.4. The van der Waals surface area contributed by atoms with E-state index in [-0.39, 0.29) is 34.6 Å². The number of ether oxygens (including phenoxy) is 1. The molecule has 0 fully saturated rings. The largest absolute Gasteiger partial charge is 0.516 e. The zero-order valence-electron chi connectivity index (χ0n) is 24.8. The molecular weight excluding hydrogens is 570 g/mol. The monoisotopic (exact) mass is 607 g/mol. The highest BCUT2D eigenvalue weighted by Gasteiger charge is 2.22. The number of hydrogen-bond acceptors (Lipinski definition) is 3. The summed E-state index contributed by atoms with van der Waals surface area (Å²) < 4.78 is 51.6. The molecule has 0 bridgehead atoms. The summed E-state index contributed by atoms with van der Waals surface area (Å²) in [5.41, 5.74) is 3.47. The molecule has 5 rings (SSSR count). The Morgan fingerprint density at radius 1 is 1.09 bits per heavy atom. The van der Waals surface area contributed by atoms with Crippen LogP contribution >= 0.6 is 6.89 Å². The number of nitrogens with zero attached hydrogens (tertiary/aromatic N) is 1. The second-order valence-corrected chi connectivity index (χ2v) is 15.3. The number of aryl methyl sites for hydroxylation is 1. The van der Waals surface area contributed by atoms with Gasteiger partial charge in [-0.25, -0.2) is 18.2 Å². The number of hydrogen-bond donors (Lipinski definition) is 3. The van der Waals surface area contributed by atoms with E-state index in [2.05, 4.69) is 41.2 Å². The number of H-pyrrole nitrogens is 2. The van der Waals surface area contributed by atoms with Crippen molar-refractivity contribution in [2.24, 2.45) is 0 Å². The minimum Gasteiger partial charge on any atom is -0.516 e. The Morgan fingerprint density at radius 2 is 1.84 bits per heavy atom. The van der Waals surface area contributed by atoms with Crippen LogP contribution in [0, 0.1) is 17.5 Å². The molecule has 9 heteroatoms. The maximum absolute atomic E-state index is 15.3. The summed E-state index contributed by atoms with van der Waals surface area (Å²) in [4.78, 5) is 10.6. The number of nitrogens with one attached hydrogen (secondary N) is 2. The number of aliphatic hydroxyl groups excluding tert-OH is 1. The highest BCUT2D eigenvalue weighted by atomic mass is 31.2. The van der Waals surface area contributed by atoms with Crippen LogP contribution in [0.5, 0.6) is 11.5 Å². The lowest BCUT2D eigenvalue weighted by Gasteiger charge is -2.18. The predicted molar refractivity (Wildman–Crippen MR) is 173 cm³/mol. The molecule has 5 nitrogen and oxygen atoms in total. The maximum Gasteiger partial charge on any atom is 0.168 e. The molecule has 0 aliphatic rings. The fourth-order valence-electron chi connectivity index (χ4n) is 5.04. The lowest BCUT2D eigenvalue weighted by Crippen LogP contribution is -2.03. The van der Waals surface area contributed by atoms with Crippen LogP contribution in [0.4, 0.5) is 13.2 Å². The first-order valence-electron chi connectivity index (χ1n) is 14.0. The normalized spacial score (nSPS) is 12.1. The van der Waals surface area contributed by atoms with Crippen molar-refractivity contribution in [3.63, 3.8) is 0 Å². The first-order valence-corrected chi connectivity index (χ1v) is 17.0. The van der Waals surface area contributed by atoms with E-state index in [0.717, 1.165) is 23.6 Å². The van der Waals surface area contributed by atoms with Crippen molar-refractivity contribution in [2.45, 2.75) is 38.8 Å². The lowest BCUT2D eigenvalue weighted by atomic mass is 9.94.